The average molecular weight is 288 g/mol. The lowest BCUT2D eigenvalue weighted by Crippen LogP contribution is -2.29. The first-order chi connectivity index (χ1) is 10.8. The number of rotatable bonds is 2. The maximum Gasteiger partial charge on any atom is 0.492 e. The number of benzene rings is 3. The van der Waals surface area contributed by atoms with E-state index >= 15 is 0 Å². The van der Waals surface area contributed by atoms with Crippen LogP contribution >= 0.6 is 0 Å². The average Bonchev–Trinajstić information content (AvgIpc) is 2.94. The van der Waals surface area contributed by atoms with Gasteiger partial charge in [-0.3, -0.25) is 0 Å². The van der Waals surface area contributed by atoms with Crippen molar-refractivity contribution in [2.24, 2.45) is 0 Å². The van der Waals surface area contributed by atoms with Gasteiger partial charge in [0.2, 0.25) is 0 Å². The van der Waals surface area contributed by atoms with E-state index in [1.165, 1.54) is 0 Å². The Morgan fingerprint density at radius 2 is 1.36 bits per heavy atom. The smallest absolute Gasteiger partial charge is 0.456 e. The minimum Gasteiger partial charge on any atom is -0.456 e. The first-order valence-electron chi connectivity index (χ1n) is 7.11. The zero-order valence-electron chi connectivity index (χ0n) is 11.7. The van der Waals surface area contributed by atoms with E-state index < -0.39 is 7.12 Å². The second-order valence-electron chi connectivity index (χ2n) is 5.25. The number of para-hydroxylation sites is 2. The Morgan fingerprint density at radius 1 is 0.682 bits per heavy atom. The van der Waals surface area contributed by atoms with Crippen molar-refractivity contribution >= 4 is 34.5 Å². The first-order valence-corrected chi connectivity index (χ1v) is 7.11. The Bertz CT molecular complexity index is 958. The molecule has 0 saturated carbocycles. The molecule has 0 bridgehead atoms. The van der Waals surface area contributed by atoms with Crippen LogP contribution in [-0.2, 0) is 0 Å². The van der Waals surface area contributed by atoms with Gasteiger partial charge < -0.3 is 14.5 Å². The minimum atomic E-state index is -1.55. The van der Waals surface area contributed by atoms with Gasteiger partial charge >= 0.3 is 7.12 Å². The van der Waals surface area contributed by atoms with E-state index in [2.05, 4.69) is 0 Å². The SMILES string of the molecule is OB(O)c1cccc2c1oc1c(-c3ccccc3)cccc12. The topological polar surface area (TPSA) is 53.6 Å². The van der Waals surface area contributed by atoms with E-state index in [1.54, 1.807) is 12.1 Å². The molecule has 0 radical (unpaired) electrons. The molecule has 22 heavy (non-hydrogen) atoms. The summed E-state index contributed by atoms with van der Waals surface area (Å²) in [5.74, 6) is 0. The van der Waals surface area contributed by atoms with E-state index in [4.69, 9.17) is 4.42 Å². The van der Waals surface area contributed by atoms with E-state index in [0.717, 1.165) is 27.5 Å². The molecule has 0 aliphatic rings. The molecule has 3 aromatic carbocycles. The van der Waals surface area contributed by atoms with Crippen molar-refractivity contribution in [1.29, 1.82) is 0 Å². The molecule has 4 heteroatoms. The summed E-state index contributed by atoms with van der Waals surface area (Å²) in [5, 5.41) is 20.9. The van der Waals surface area contributed by atoms with Crippen molar-refractivity contribution in [3.63, 3.8) is 0 Å². The molecule has 0 unspecified atom stereocenters. The van der Waals surface area contributed by atoms with Crippen LogP contribution in [0.2, 0.25) is 0 Å². The third-order valence-corrected chi connectivity index (χ3v) is 3.92. The van der Waals surface area contributed by atoms with Crippen LogP contribution in [0.15, 0.2) is 71.1 Å². The van der Waals surface area contributed by atoms with Crippen LogP contribution in [0.1, 0.15) is 0 Å². The lowest BCUT2D eigenvalue weighted by Gasteiger charge is -2.01. The maximum atomic E-state index is 9.53. The Morgan fingerprint density at radius 3 is 2.09 bits per heavy atom. The van der Waals surface area contributed by atoms with Crippen LogP contribution in [0.5, 0.6) is 0 Å². The molecule has 2 N–H and O–H groups in total. The highest BCUT2D eigenvalue weighted by Crippen LogP contribution is 2.34. The molecule has 0 amide bonds. The van der Waals surface area contributed by atoms with E-state index in [-0.39, 0.29) is 0 Å². The highest BCUT2D eigenvalue weighted by molar-refractivity contribution is 6.61. The molecular formula is C18H13BO3. The summed E-state index contributed by atoms with van der Waals surface area (Å²) in [4.78, 5) is 0. The van der Waals surface area contributed by atoms with Gasteiger partial charge in [0.1, 0.15) is 11.2 Å². The van der Waals surface area contributed by atoms with Gasteiger partial charge in [0.25, 0.3) is 0 Å². The Balaban J connectivity index is 2.10. The van der Waals surface area contributed by atoms with Gasteiger partial charge in [-0.1, -0.05) is 66.7 Å². The van der Waals surface area contributed by atoms with E-state index in [1.807, 2.05) is 54.6 Å². The van der Waals surface area contributed by atoms with Gasteiger partial charge in [0.15, 0.2) is 0 Å². The summed E-state index contributed by atoms with van der Waals surface area (Å²) in [7, 11) is -1.55. The third-order valence-electron chi connectivity index (χ3n) is 3.92. The van der Waals surface area contributed by atoms with Crippen LogP contribution in [0.4, 0.5) is 0 Å². The van der Waals surface area contributed by atoms with Gasteiger partial charge in [-0.25, -0.2) is 0 Å². The summed E-state index contributed by atoms with van der Waals surface area (Å²) in [6.45, 7) is 0. The molecule has 0 aliphatic heterocycles. The number of fused-ring (bicyclic) bond motifs is 3. The van der Waals surface area contributed by atoms with Crippen LogP contribution < -0.4 is 5.46 Å². The fourth-order valence-corrected chi connectivity index (χ4v) is 2.89. The summed E-state index contributed by atoms with van der Waals surface area (Å²) in [5.41, 5.74) is 3.73. The van der Waals surface area contributed by atoms with Crippen molar-refractivity contribution in [1.82, 2.24) is 0 Å². The van der Waals surface area contributed by atoms with Crippen molar-refractivity contribution in [3.05, 3.63) is 66.7 Å². The number of hydrogen-bond acceptors (Lipinski definition) is 3. The third kappa shape index (κ3) is 1.93. The fraction of sp³-hybridized carbons (Fsp3) is 0. The lowest BCUT2D eigenvalue weighted by molar-refractivity contribution is 0.425. The molecule has 106 valence electrons. The highest BCUT2D eigenvalue weighted by atomic mass is 16.4. The molecule has 1 heterocycles. The highest BCUT2D eigenvalue weighted by Gasteiger charge is 2.20. The van der Waals surface area contributed by atoms with Gasteiger partial charge in [0, 0.05) is 21.8 Å². The molecule has 0 spiro atoms. The molecule has 1 aromatic heterocycles. The van der Waals surface area contributed by atoms with E-state index in [0.29, 0.717) is 11.0 Å². The molecule has 4 aromatic rings. The summed E-state index contributed by atoms with van der Waals surface area (Å²) < 4.78 is 6.01. The Hall–Kier alpha value is -2.56. The Kier molecular flexibility index (Phi) is 3.00. The number of furan rings is 1. The van der Waals surface area contributed by atoms with Crippen molar-refractivity contribution < 1.29 is 14.5 Å². The van der Waals surface area contributed by atoms with Crippen molar-refractivity contribution in [3.8, 4) is 11.1 Å². The lowest BCUT2D eigenvalue weighted by atomic mass is 9.79. The molecular weight excluding hydrogens is 275 g/mol. The molecule has 0 aliphatic carbocycles. The predicted molar refractivity (Wildman–Crippen MR) is 89.0 cm³/mol. The maximum absolute atomic E-state index is 9.53. The Labute approximate surface area is 127 Å². The van der Waals surface area contributed by atoms with Crippen LogP contribution in [0.3, 0.4) is 0 Å². The standard InChI is InChI=1S/C18H13BO3/c20-19(21)16-11-5-10-15-14-9-4-8-13(17(14)22-18(15)16)12-6-2-1-3-7-12/h1-11,20-21H. The van der Waals surface area contributed by atoms with E-state index in [9.17, 15) is 10.0 Å². The van der Waals surface area contributed by atoms with Crippen LogP contribution in [0.25, 0.3) is 33.1 Å². The summed E-state index contributed by atoms with van der Waals surface area (Å²) in [6.07, 6.45) is 0. The van der Waals surface area contributed by atoms with Crippen LogP contribution in [-0.4, -0.2) is 17.2 Å². The van der Waals surface area contributed by atoms with Gasteiger partial charge in [-0.05, 0) is 5.56 Å². The van der Waals surface area contributed by atoms with Crippen LogP contribution in [0, 0.1) is 0 Å². The number of hydrogen-bond donors (Lipinski definition) is 2. The molecule has 3 nitrogen and oxygen atoms in total. The molecule has 0 fully saturated rings. The van der Waals surface area contributed by atoms with Crippen molar-refractivity contribution in [2.75, 3.05) is 0 Å². The molecule has 0 saturated heterocycles. The summed E-state index contributed by atoms with van der Waals surface area (Å²) in [6, 6.07) is 21.4. The second-order valence-corrected chi connectivity index (χ2v) is 5.25. The monoisotopic (exact) mass is 288 g/mol. The molecule has 0 atom stereocenters. The zero-order chi connectivity index (χ0) is 15.1. The van der Waals surface area contributed by atoms with Crippen molar-refractivity contribution in [2.45, 2.75) is 0 Å². The second kappa shape index (κ2) is 5.02. The normalized spacial score (nSPS) is 11.2. The summed E-state index contributed by atoms with van der Waals surface area (Å²) >= 11 is 0. The van der Waals surface area contributed by atoms with Gasteiger partial charge in [-0.15, -0.1) is 0 Å². The fourth-order valence-electron chi connectivity index (χ4n) is 2.89. The van der Waals surface area contributed by atoms with Gasteiger partial charge in [-0.2, -0.15) is 0 Å². The van der Waals surface area contributed by atoms with Gasteiger partial charge in [0.05, 0.1) is 0 Å². The first kappa shape index (κ1) is 13.1. The quantitative estimate of drug-likeness (QED) is 0.558. The predicted octanol–water partition coefficient (Wildman–Crippen LogP) is 2.93. The molecule has 4 rings (SSSR count). The minimum absolute atomic E-state index is 0.382. The largest absolute Gasteiger partial charge is 0.492 e. The zero-order valence-corrected chi connectivity index (χ0v) is 11.7.